The van der Waals surface area contributed by atoms with Crippen LogP contribution in [-0.4, -0.2) is 12.4 Å². The lowest BCUT2D eigenvalue weighted by atomic mass is 10.2. The van der Waals surface area contributed by atoms with Crippen LogP contribution in [0.25, 0.3) is 0 Å². The maximum Gasteiger partial charge on any atom is 0.101 e. The highest BCUT2D eigenvalue weighted by molar-refractivity contribution is 6.14. The van der Waals surface area contributed by atoms with E-state index >= 15 is 0 Å². The summed E-state index contributed by atoms with van der Waals surface area (Å²) < 4.78 is 0. The van der Waals surface area contributed by atoms with E-state index in [0.717, 1.165) is 6.21 Å². The largest absolute Gasteiger partial charge is 0.399 e. The first-order valence-corrected chi connectivity index (χ1v) is 3.85. The number of nitrogens with one attached hydrogen (secondary N) is 2. The van der Waals surface area contributed by atoms with Crippen molar-refractivity contribution in [2.24, 2.45) is 5.10 Å². The third kappa shape index (κ3) is 2.32. The number of benzene rings is 1. The Balaban J connectivity index is 2.94. The fourth-order valence-electron chi connectivity index (χ4n) is 0.896. The van der Waals surface area contributed by atoms with E-state index in [0.29, 0.717) is 16.9 Å². The summed E-state index contributed by atoms with van der Waals surface area (Å²) in [4.78, 5) is 0. The van der Waals surface area contributed by atoms with E-state index in [1.807, 2.05) is 6.07 Å². The molecule has 0 amide bonds. The molecule has 0 saturated carbocycles. The second kappa shape index (κ2) is 4.62. The Hall–Kier alpha value is -2.35. The fourth-order valence-corrected chi connectivity index (χ4v) is 0.896. The molecule has 70 valence electrons. The van der Waals surface area contributed by atoms with Crippen LogP contribution in [0.1, 0.15) is 5.56 Å². The van der Waals surface area contributed by atoms with Crippen molar-refractivity contribution in [3.8, 4) is 6.07 Å². The van der Waals surface area contributed by atoms with Crippen molar-refractivity contribution in [1.29, 1.82) is 10.7 Å². The van der Waals surface area contributed by atoms with Gasteiger partial charge < -0.3 is 11.1 Å². The highest BCUT2D eigenvalue weighted by Crippen LogP contribution is 2.17. The molecule has 5 heteroatoms. The van der Waals surface area contributed by atoms with Gasteiger partial charge in [0, 0.05) is 11.9 Å². The molecule has 0 bridgehead atoms. The molecular weight excluding hydrogens is 178 g/mol. The summed E-state index contributed by atoms with van der Waals surface area (Å²) >= 11 is 0. The predicted molar refractivity (Wildman–Crippen MR) is 56.5 cm³/mol. The van der Waals surface area contributed by atoms with Crippen LogP contribution in [-0.2, 0) is 0 Å². The Morgan fingerprint density at radius 2 is 2.36 bits per heavy atom. The molecule has 0 unspecified atom stereocenters. The van der Waals surface area contributed by atoms with Gasteiger partial charge in [0.15, 0.2) is 0 Å². The minimum atomic E-state index is 0.460. The average molecular weight is 187 g/mol. The van der Waals surface area contributed by atoms with Crippen molar-refractivity contribution in [2.75, 3.05) is 11.2 Å². The third-order valence-corrected chi connectivity index (χ3v) is 1.50. The zero-order valence-electron chi connectivity index (χ0n) is 7.36. The Morgan fingerprint density at radius 3 is 3.00 bits per heavy atom. The lowest BCUT2D eigenvalue weighted by Gasteiger charge is -2.02. The molecule has 0 aliphatic rings. The number of hydrogen-bond acceptors (Lipinski definition) is 5. The monoisotopic (exact) mass is 187 g/mol. The van der Waals surface area contributed by atoms with Crippen molar-refractivity contribution < 1.29 is 0 Å². The van der Waals surface area contributed by atoms with Crippen LogP contribution in [0.15, 0.2) is 23.3 Å². The number of rotatable bonds is 3. The lowest BCUT2D eigenvalue weighted by Crippen LogP contribution is -1.95. The quantitative estimate of drug-likeness (QED) is 0.376. The van der Waals surface area contributed by atoms with Crippen LogP contribution in [0.3, 0.4) is 0 Å². The van der Waals surface area contributed by atoms with E-state index in [2.05, 4.69) is 10.5 Å². The summed E-state index contributed by atoms with van der Waals surface area (Å²) in [6.07, 6.45) is 2.30. The van der Waals surface area contributed by atoms with E-state index in [1.54, 1.807) is 18.2 Å². The molecule has 14 heavy (non-hydrogen) atoms. The van der Waals surface area contributed by atoms with Crippen LogP contribution in [0.2, 0.25) is 0 Å². The summed E-state index contributed by atoms with van der Waals surface area (Å²) in [5, 5.41) is 19.1. The van der Waals surface area contributed by atoms with Gasteiger partial charge in [-0.1, -0.05) is 0 Å². The standard InChI is InChI=1S/C9H9N5/c10-3-4-13-14-9-5-8(12)2-1-7(9)6-11/h1-5,10,14H,12H2/b10-3?,13-4-. The second-order valence-corrected chi connectivity index (χ2v) is 2.47. The fraction of sp³-hybridized carbons (Fsp3) is 0. The van der Waals surface area contributed by atoms with Gasteiger partial charge in [0.2, 0.25) is 0 Å². The van der Waals surface area contributed by atoms with Gasteiger partial charge in [0.25, 0.3) is 0 Å². The summed E-state index contributed by atoms with van der Waals surface area (Å²) in [6, 6.07) is 6.86. The van der Waals surface area contributed by atoms with E-state index in [1.165, 1.54) is 6.21 Å². The Morgan fingerprint density at radius 1 is 1.57 bits per heavy atom. The molecule has 0 saturated heterocycles. The van der Waals surface area contributed by atoms with Gasteiger partial charge in [-0.25, -0.2) is 0 Å². The SMILES string of the molecule is N#Cc1ccc(N)cc1N/N=C\C=N. The zero-order valence-corrected chi connectivity index (χ0v) is 7.36. The molecule has 0 aliphatic heterocycles. The van der Waals surface area contributed by atoms with Gasteiger partial charge in [-0.3, -0.25) is 5.43 Å². The van der Waals surface area contributed by atoms with Crippen molar-refractivity contribution in [2.45, 2.75) is 0 Å². The topological polar surface area (TPSA) is 98.1 Å². The van der Waals surface area contributed by atoms with Gasteiger partial charge >= 0.3 is 0 Å². The number of hydrazone groups is 1. The van der Waals surface area contributed by atoms with E-state index in [-0.39, 0.29) is 0 Å². The molecule has 0 heterocycles. The molecule has 4 N–H and O–H groups in total. The maximum absolute atomic E-state index is 8.74. The molecule has 0 atom stereocenters. The number of anilines is 2. The number of nitrogens with zero attached hydrogens (tertiary/aromatic N) is 2. The normalized spacial score (nSPS) is 9.64. The molecule has 1 aromatic carbocycles. The summed E-state index contributed by atoms with van der Waals surface area (Å²) in [5.41, 5.74) is 9.71. The van der Waals surface area contributed by atoms with Crippen molar-refractivity contribution in [3.63, 3.8) is 0 Å². The molecule has 0 radical (unpaired) electrons. The minimum Gasteiger partial charge on any atom is -0.399 e. The molecule has 0 fully saturated rings. The van der Waals surface area contributed by atoms with Crippen molar-refractivity contribution in [1.82, 2.24) is 0 Å². The summed E-state index contributed by atoms with van der Waals surface area (Å²) in [7, 11) is 0. The molecular formula is C9H9N5. The summed E-state index contributed by atoms with van der Waals surface area (Å²) in [6.45, 7) is 0. The highest BCUT2D eigenvalue weighted by Gasteiger charge is 1.99. The number of hydrogen-bond donors (Lipinski definition) is 3. The minimum absolute atomic E-state index is 0.460. The smallest absolute Gasteiger partial charge is 0.101 e. The van der Waals surface area contributed by atoms with Crippen molar-refractivity contribution in [3.05, 3.63) is 23.8 Å². The van der Waals surface area contributed by atoms with E-state index < -0.39 is 0 Å². The van der Waals surface area contributed by atoms with Crippen LogP contribution in [0.5, 0.6) is 0 Å². The van der Waals surface area contributed by atoms with E-state index in [9.17, 15) is 0 Å². The van der Waals surface area contributed by atoms with Crippen LogP contribution in [0, 0.1) is 16.7 Å². The highest BCUT2D eigenvalue weighted by atomic mass is 15.3. The third-order valence-electron chi connectivity index (χ3n) is 1.50. The Labute approximate surface area is 81.4 Å². The Kier molecular flexibility index (Phi) is 3.21. The van der Waals surface area contributed by atoms with Gasteiger partial charge in [-0.15, -0.1) is 0 Å². The first-order chi connectivity index (χ1) is 6.77. The van der Waals surface area contributed by atoms with Crippen molar-refractivity contribution >= 4 is 23.8 Å². The van der Waals surface area contributed by atoms with Gasteiger partial charge in [-0.05, 0) is 18.2 Å². The summed E-state index contributed by atoms with van der Waals surface area (Å²) in [5.74, 6) is 0. The lowest BCUT2D eigenvalue weighted by molar-refractivity contribution is 1.34. The van der Waals surface area contributed by atoms with Crippen LogP contribution >= 0.6 is 0 Å². The van der Waals surface area contributed by atoms with Crippen LogP contribution in [0.4, 0.5) is 11.4 Å². The van der Waals surface area contributed by atoms with E-state index in [4.69, 9.17) is 16.4 Å². The molecule has 0 aromatic heterocycles. The number of nitrogen functional groups attached to an aromatic ring is 1. The molecule has 1 aromatic rings. The maximum atomic E-state index is 8.74. The number of nitrogens with two attached hydrogens (primary N) is 1. The molecule has 1 rings (SSSR count). The van der Waals surface area contributed by atoms with Gasteiger partial charge in [-0.2, -0.15) is 10.4 Å². The molecule has 5 nitrogen and oxygen atoms in total. The van der Waals surface area contributed by atoms with Crippen LogP contribution < -0.4 is 11.2 Å². The predicted octanol–water partition coefficient (Wildman–Crippen LogP) is 1.19. The zero-order chi connectivity index (χ0) is 10.4. The Bertz CT molecular complexity index is 402. The van der Waals surface area contributed by atoms with Gasteiger partial charge in [0.05, 0.1) is 17.5 Å². The average Bonchev–Trinajstić information content (AvgIpc) is 2.19. The second-order valence-electron chi connectivity index (χ2n) is 2.47. The first-order valence-electron chi connectivity index (χ1n) is 3.85. The number of nitriles is 1. The van der Waals surface area contributed by atoms with Gasteiger partial charge in [0.1, 0.15) is 6.07 Å². The molecule has 0 aliphatic carbocycles. The first kappa shape index (κ1) is 9.74. The molecule has 0 spiro atoms.